The third-order valence-electron chi connectivity index (χ3n) is 2.15. The van der Waals surface area contributed by atoms with Crippen LogP contribution < -0.4 is 5.14 Å². The fourth-order valence-corrected chi connectivity index (χ4v) is 2.17. The maximum atomic E-state index is 11.2. The first-order chi connectivity index (χ1) is 6.41. The summed E-state index contributed by atoms with van der Waals surface area (Å²) in [7, 11) is -1.93. The molecule has 0 radical (unpaired) electrons. The predicted molar refractivity (Wildman–Crippen MR) is 57.4 cm³/mol. The molecule has 0 fully saturated rings. The average molecular weight is 221 g/mol. The number of ether oxygens (including phenoxy) is 1. The molecule has 2 N–H and O–H groups in total. The van der Waals surface area contributed by atoms with Gasteiger partial charge in [-0.1, -0.05) is 13.0 Å². The molecule has 0 aliphatic heterocycles. The fraction of sp³-hybridized carbons (Fsp3) is 0.778. The van der Waals surface area contributed by atoms with Gasteiger partial charge in [-0.2, -0.15) is 0 Å². The van der Waals surface area contributed by atoms with Gasteiger partial charge in [0.05, 0.1) is 5.25 Å². The lowest BCUT2D eigenvalue weighted by atomic mass is 10.0. The van der Waals surface area contributed by atoms with Crippen molar-refractivity contribution in [1.82, 2.24) is 0 Å². The number of methoxy groups -OCH3 is 1. The standard InChI is InChI=1S/C9H19NO3S/c1-4-8(2)7-9(5-6-13-3)14(10,11)12/h4,8-9H,1,5-7H2,2-3H3,(H2,10,11,12). The summed E-state index contributed by atoms with van der Waals surface area (Å²) < 4.78 is 27.2. The first-order valence-electron chi connectivity index (χ1n) is 4.55. The van der Waals surface area contributed by atoms with Gasteiger partial charge in [-0.15, -0.1) is 6.58 Å². The van der Waals surface area contributed by atoms with E-state index in [0.29, 0.717) is 19.4 Å². The van der Waals surface area contributed by atoms with Crippen LogP contribution in [0.4, 0.5) is 0 Å². The number of sulfonamides is 1. The summed E-state index contributed by atoms with van der Waals surface area (Å²) in [6.45, 7) is 5.93. The van der Waals surface area contributed by atoms with Crippen molar-refractivity contribution in [3.63, 3.8) is 0 Å². The summed E-state index contributed by atoms with van der Waals surface area (Å²) >= 11 is 0. The lowest BCUT2D eigenvalue weighted by Gasteiger charge is -2.16. The summed E-state index contributed by atoms with van der Waals surface area (Å²) in [5.41, 5.74) is 0. The molecule has 84 valence electrons. The van der Waals surface area contributed by atoms with Crippen LogP contribution in [0.25, 0.3) is 0 Å². The van der Waals surface area contributed by atoms with E-state index in [1.807, 2.05) is 6.92 Å². The number of hydrogen-bond donors (Lipinski definition) is 1. The van der Waals surface area contributed by atoms with Gasteiger partial charge in [-0.05, 0) is 18.8 Å². The molecule has 0 aromatic heterocycles. The number of nitrogens with two attached hydrogens (primary N) is 1. The monoisotopic (exact) mass is 221 g/mol. The molecule has 14 heavy (non-hydrogen) atoms. The zero-order valence-corrected chi connectivity index (χ0v) is 9.59. The van der Waals surface area contributed by atoms with E-state index in [0.717, 1.165) is 0 Å². The largest absolute Gasteiger partial charge is 0.385 e. The van der Waals surface area contributed by atoms with Crippen LogP contribution in [0, 0.1) is 5.92 Å². The zero-order chi connectivity index (χ0) is 11.2. The van der Waals surface area contributed by atoms with Gasteiger partial charge in [0.15, 0.2) is 0 Å². The Bertz CT molecular complexity index is 261. The van der Waals surface area contributed by atoms with E-state index in [4.69, 9.17) is 9.88 Å². The molecule has 5 heteroatoms. The molecule has 0 aliphatic carbocycles. The minimum Gasteiger partial charge on any atom is -0.385 e. The highest BCUT2D eigenvalue weighted by Crippen LogP contribution is 2.15. The van der Waals surface area contributed by atoms with Gasteiger partial charge in [0.25, 0.3) is 0 Å². The fourth-order valence-electron chi connectivity index (χ4n) is 1.18. The van der Waals surface area contributed by atoms with Gasteiger partial charge in [-0.3, -0.25) is 0 Å². The lowest BCUT2D eigenvalue weighted by Crippen LogP contribution is -2.31. The summed E-state index contributed by atoms with van der Waals surface area (Å²) in [4.78, 5) is 0. The topological polar surface area (TPSA) is 69.4 Å². The second-order valence-corrected chi connectivity index (χ2v) is 5.29. The Morgan fingerprint density at radius 2 is 2.14 bits per heavy atom. The first kappa shape index (κ1) is 13.6. The Kier molecular flexibility index (Phi) is 5.99. The number of rotatable bonds is 7. The van der Waals surface area contributed by atoms with E-state index in [1.165, 1.54) is 7.11 Å². The number of primary sulfonamides is 1. The van der Waals surface area contributed by atoms with Gasteiger partial charge in [-0.25, -0.2) is 13.6 Å². The Hall–Kier alpha value is -0.390. The molecule has 0 saturated carbocycles. The maximum absolute atomic E-state index is 11.2. The van der Waals surface area contributed by atoms with E-state index in [9.17, 15) is 8.42 Å². The molecule has 0 saturated heterocycles. The van der Waals surface area contributed by atoms with Crippen LogP contribution in [0.5, 0.6) is 0 Å². The third kappa shape index (κ3) is 5.36. The lowest BCUT2D eigenvalue weighted by molar-refractivity contribution is 0.191. The zero-order valence-electron chi connectivity index (χ0n) is 8.77. The van der Waals surface area contributed by atoms with E-state index >= 15 is 0 Å². The minimum atomic E-state index is -3.47. The van der Waals surface area contributed by atoms with E-state index in [2.05, 4.69) is 6.58 Å². The molecule has 0 heterocycles. The van der Waals surface area contributed by atoms with Gasteiger partial charge >= 0.3 is 0 Å². The maximum Gasteiger partial charge on any atom is 0.212 e. The normalized spacial score (nSPS) is 16.2. The summed E-state index contributed by atoms with van der Waals surface area (Å²) in [6.07, 6.45) is 2.67. The predicted octanol–water partition coefficient (Wildman–Crippen LogP) is 0.892. The van der Waals surface area contributed by atoms with Gasteiger partial charge < -0.3 is 4.74 Å². The van der Waals surface area contributed by atoms with Gasteiger partial charge in [0.2, 0.25) is 10.0 Å². The molecule has 0 spiro atoms. The van der Waals surface area contributed by atoms with Crippen molar-refractivity contribution in [3.8, 4) is 0 Å². The second kappa shape index (κ2) is 6.16. The van der Waals surface area contributed by atoms with Crippen molar-refractivity contribution in [2.45, 2.75) is 25.0 Å². The van der Waals surface area contributed by atoms with Crippen LogP contribution in [0.2, 0.25) is 0 Å². The number of allylic oxidation sites excluding steroid dienone is 1. The van der Waals surface area contributed by atoms with Crippen molar-refractivity contribution < 1.29 is 13.2 Å². The summed E-state index contributed by atoms with van der Waals surface area (Å²) in [6, 6.07) is 0. The Morgan fingerprint density at radius 3 is 2.50 bits per heavy atom. The third-order valence-corrected chi connectivity index (χ3v) is 3.50. The quantitative estimate of drug-likeness (QED) is 0.649. The van der Waals surface area contributed by atoms with Crippen LogP contribution >= 0.6 is 0 Å². The van der Waals surface area contributed by atoms with Crippen LogP contribution in [0.1, 0.15) is 19.8 Å². The Morgan fingerprint density at radius 1 is 1.57 bits per heavy atom. The van der Waals surface area contributed by atoms with Crippen molar-refractivity contribution in [2.75, 3.05) is 13.7 Å². The molecule has 0 amide bonds. The molecular weight excluding hydrogens is 202 g/mol. The van der Waals surface area contributed by atoms with Gasteiger partial charge in [0, 0.05) is 13.7 Å². The van der Waals surface area contributed by atoms with E-state index in [-0.39, 0.29) is 5.92 Å². The number of hydrogen-bond acceptors (Lipinski definition) is 3. The average Bonchev–Trinajstić information content (AvgIpc) is 2.09. The van der Waals surface area contributed by atoms with E-state index < -0.39 is 15.3 Å². The Labute approximate surface area is 86.2 Å². The minimum absolute atomic E-state index is 0.148. The molecule has 2 unspecified atom stereocenters. The van der Waals surface area contributed by atoms with Crippen LogP contribution in [-0.4, -0.2) is 27.4 Å². The molecule has 0 aliphatic rings. The smallest absolute Gasteiger partial charge is 0.212 e. The molecule has 2 atom stereocenters. The van der Waals surface area contributed by atoms with Crippen LogP contribution in [0.3, 0.4) is 0 Å². The van der Waals surface area contributed by atoms with Crippen molar-refractivity contribution in [2.24, 2.45) is 11.1 Å². The molecule has 4 nitrogen and oxygen atoms in total. The summed E-state index contributed by atoms with van der Waals surface area (Å²) in [5, 5.41) is 4.57. The van der Waals surface area contributed by atoms with E-state index in [1.54, 1.807) is 6.08 Å². The highest BCUT2D eigenvalue weighted by Gasteiger charge is 2.22. The second-order valence-electron chi connectivity index (χ2n) is 3.44. The molecule has 0 bridgehead atoms. The summed E-state index contributed by atoms with van der Waals surface area (Å²) in [5.74, 6) is 0.148. The molecule has 0 rings (SSSR count). The molecule has 0 aromatic rings. The van der Waals surface area contributed by atoms with Crippen molar-refractivity contribution in [3.05, 3.63) is 12.7 Å². The van der Waals surface area contributed by atoms with Crippen molar-refractivity contribution in [1.29, 1.82) is 0 Å². The van der Waals surface area contributed by atoms with Gasteiger partial charge in [0.1, 0.15) is 0 Å². The van der Waals surface area contributed by atoms with Crippen LogP contribution in [0.15, 0.2) is 12.7 Å². The highest BCUT2D eigenvalue weighted by atomic mass is 32.2. The van der Waals surface area contributed by atoms with Crippen LogP contribution in [-0.2, 0) is 14.8 Å². The Balaban J connectivity index is 4.33. The molecular formula is C9H19NO3S. The highest BCUT2D eigenvalue weighted by molar-refractivity contribution is 7.89. The van der Waals surface area contributed by atoms with Crippen molar-refractivity contribution >= 4 is 10.0 Å². The first-order valence-corrected chi connectivity index (χ1v) is 6.15. The SMILES string of the molecule is C=CC(C)CC(CCOC)S(N)(=O)=O. The molecule has 0 aromatic carbocycles.